The van der Waals surface area contributed by atoms with Gasteiger partial charge in [0.15, 0.2) is 11.5 Å². The topological polar surface area (TPSA) is 101 Å². The van der Waals surface area contributed by atoms with Gasteiger partial charge in [0.05, 0.1) is 12.6 Å². The Kier molecular flexibility index (Phi) is 3.82. The van der Waals surface area contributed by atoms with Crippen LogP contribution in [0.4, 0.5) is 0 Å². The third kappa shape index (κ3) is 2.58. The third-order valence-electron chi connectivity index (χ3n) is 6.56. The molecule has 8 heteroatoms. The number of nitrogens with two attached hydrogens (primary N) is 1. The maximum absolute atomic E-state index is 13.2. The van der Waals surface area contributed by atoms with Gasteiger partial charge in [0.2, 0.25) is 18.6 Å². The highest BCUT2D eigenvalue weighted by atomic mass is 16.7. The van der Waals surface area contributed by atoms with E-state index in [1.165, 1.54) is 4.90 Å². The van der Waals surface area contributed by atoms with Gasteiger partial charge in [0.25, 0.3) is 0 Å². The van der Waals surface area contributed by atoms with Gasteiger partial charge in [-0.25, -0.2) is 0 Å². The molecule has 3 aliphatic heterocycles. The molecule has 0 saturated carbocycles. The van der Waals surface area contributed by atoms with Crippen LogP contribution >= 0.6 is 0 Å². The van der Waals surface area contributed by atoms with Crippen LogP contribution in [0.1, 0.15) is 28.4 Å². The standard InChI is InChI=1S/C23H22N4O4/c1-26-10-20(28)27-17(23(26)29)8-15-14-4-2-12(9-24)6-16(14)25-21(15)22(27)13-3-5-18-19(7-13)31-11-30-18/h2-7,17,22,25H,8-11,24H2,1H3/t17-,22-/m1/s1. The highest BCUT2D eigenvalue weighted by Crippen LogP contribution is 2.44. The highest BCUT2D eigenvalue weighted by Gasteiger charge is 2.47. The van der Waals surface area contributed by atoms with Gasteiger partial charge in [-0.2, -0.15) is 0 Å². The maximum atomic E-state index is 13.2. The van der Waals surface area contributed by atoms with Crippen LogP contribution in [0.2, 0.25) is 0 Å². The maximum Gasteiger partial charge on any atom is 0.245 e. The monoisotopic (exact) mass is 418 g/mol. The van der Waals surface area contributed by atoms with Crippen molar-refractivity contribution in [3.05, 3.63) is 58.8 Å². The van der Waals surface area contributed by atoms with E-state index in [-0.39, 0.29) is 25.2 Å². The third-order valence-corrected chi connectivity index (χ3v) is 6.56. The molecule has 158 valence electrons. The van der Waals surface area contributed by atoms with Crippen LogP contribution in [-0.4, -0.2) is 53.0 Å². The predicted molar refractivity (Wildman–Crippen MR) is 113 cm³/mol. The first-order chi connectivity index (χ1) is 15.0. The number of carbonyl (C=O) groups excluding carboxylic acids is 2. The number of hydrogen-bond acceptors (Lipinski definition) is 5. The molecule has 3 aromatic rings. The summed E-state index contributed by atoms with van der Waals surface area (Å²) in [5.41, 5.74) is 10.7. The number of likely N-dealkylation sites (N-methyl/N-ethyl adjacent to an activating group) is 1. The van der Waals surface area contributed by atoms with Crippen molar-refractivity contribution in [2.24, 2.45) is 5.73 Å². The number of H-pyrrole nitrogens is 1. The summed E-state index contributed by atoms with van der Waals surface area (Å²) in [7, 11) is 1.69. The van der Waals surface area contributed by atoms with E-state index in [4.69, 9.17) is 15.2 Å². The van der Waals surface area contributed by atoms with Gasteiger partial charge in [-0.3, -0.25) is 9.59 Å². The predicted octanol–water partition coefficient (Wildman–Crippen LogP) is 1.67. The number of fused-ring (bicyclic) bond motifs is 5. The number of nitrogens with one attached hydrogen (secondary N) is 1. The lowest BCUT2D eigenvalue weighted by atomic mass is 9.86. The first-order valence-electron chi connectivity index (χ1n) is 10.3. The second-order valence-electron chi connectivity index (χ2n) is 8.33. The molecule has 6 rings (SSSR count). The summed E-state index contributed by atoms with van der Waals surface area (Å²) >= 11 is 0. The molecule has 4 heterocycles. The van der Waals surface area contributed by atoms with E-state index in [1.54, 1.807) is 11.9 Å². The van der Waals surface area contributed by atoms with Gasteiger partial charge in [-0.1, -0.05) is 18.2 Å². The zero-order chi connectivity index (χ0) is 21.3. The fourth-order valence-electron chi connectivity index (χ4n) is 5.07. The van der Waals surface area contributed by atoms with Crippen LogP contribution in [-0.2, 0) is 22.6 Å². The van der Waals surface area contributed by atoms with Crippen LogP contribution in [0.25, 0.3) is 10.9 Å². The van der Waals surface area contributed by atoms with Crippen molar-refractivity contribution >= 4 is 22.7 Å². The Morgan fingerprint density at radius 2 is 1.97 bits per heavy atom. The molecule has 1 aromatic heterocycles. The molecule has 8 nitrogen and oxygen atoms in total. The van der Waals surface area contributed by atoms with Gasteiger partial charge in [0, 0.05) is 36.6 Å². The molecule has 1 saturated heterocycles. The average molecular weight is 418 g/mol. The number of carbonyl (C=O) groups is 2. The Bertz CT molecular complexity index is 1250. The number of amides is 2. The fraction of sp³-hybridized carbons (Fsp3) is 0.304. The Balaban J connectivity index is 1.58. The molecular weight excluding hydrogens is 396 g/mol. The van der Waals surface area contributed by atoms with Gasteiger partial charge in [-0.15, -0.1) is 0 Å². The van der Waals surface area contributed by atoms with Crippen molar-refractivity contribution in [1.82, 2.24) is 14.8 Å². The summed E-state index contributed by atoms with van der Waals surface area (Å²) in [4.78, 5) is 33.1. The number of aromatic nitrogens is 1. The normalized spacial score (nSPS) is 22.1. The molecule has 3 N–H and O–H groups in total. The van der Waals surface area contributed by atoms with Crippen molar-refractivity contribution in [3.63, 3.8) is 0 Å². The van der Waals surface area contributed by atoms with E-state index in [1.807, 2.05) is 30.3 Å². The van der Waals surface area contributed by atoms with Crippen molar-refractivity contribution in [2.75, 3.05) is 20.4 Å². The molecule has 31 heavy (non-hydrogen) atoms. The number of aromatic amines is 1. The Labute approximate surface area is 178 Å². The molecule has 0 bridgehead atoms. The lowest BCUT2D eigenvalue weighted by molar-refractivity contribution is -0.157. The van der Waals surface area contributed by atoms with Crippen LogP contribution in [0.3, 0.4) is 0 Å². The molecule has 2 atom stereocenters. The van der Waals surface area contributed by atoms with Crippen molar-refractivity contribution < 1.29 is 19.1 Å². The largest absolute Gasteiger partial charge is 0.454 e. The SMILES string of the molecule is CN1CC(=O)N2[C@H](c3ccc4c(c3)OCO4)c3[nH]c4cc(CN)ccc4c3C[C@@H]2C1=O. The first kappa shape index (κ1) is 18.3. The van der Waals surface area contributed by atoms with Crippen LogP contribution in [0.15, 0.2) is 36.4 Å². The molecule has 0 spiro atoms. The molecule has 3 aliphatic rings. The number of rotatable bonds is 2. The molecule has 0 unspecified atom stereocenters. The molecule has 1 fully saturated rings. The number of hydrogen-bond donors (Lipinski definition) is 2. The zero-order valence-electron chi connectivity index (χ0n) is 17.1. The summed E-state index contributed by atoms with van der Waals surface area (Å²) < 4.78 is 11.0. The number of benzene rings is 2. The van der Waals surface area contributed by atoms with Gasteiger partial charge in [0.1, 0.15) is 6.04 Å². The molecule has 2 aromatic carbocycles. The second kappa shape index (κ2) is 6.49. The van der Waals surface area contributed by atoms with E-state index in [0.29, 0.717) is 24.5 Å². The Morgan fingerprint density at radius 1 is 1.13 bits per heavy atom. The van der Waals surface area contributed by atoms with Crippen LogP contribution < -0.4 is 15.2 Å². The van der Waals surface area contributed by atoms with Crippen molar-refractivity contribution in [3.8, 4) is 11.5 Å². The van der Waals surface area contributed by atoms with E-state index in [2.05, 4.69) is 11.1 Å². The zero-order valence-corrected chi connectivity index (χ0v) is 17.1. The summed E-state index contributed by atoms with van der Waals surface area (Å²) in [6.45, 7) is 0.697. The first-order valence-corrected chi connectivity index (χ1v) is 10.3. The number of piperazine rings is 1. The fourth-order valence-corrected chi connectivity index (χ4v) is 5.07. The number of nitrogens with zero attached hydrogens (tertiary/aromatic N) is 2. The lowest BCUT2D eigenvalue weighted by Crippen LogP contribution is -2.62. The minimum absolute atomic E-state index is 0.0380. The molecule has 0 aliphatic carbocycles. The summed E-state index contributed by atoms with van der Waals surface area (Å²) in [5, 5.41) is 1.06. The highest BCUT2D eigenvalue weighted by molar-refractivity contribution is 5.97. The van der Waals surface area contributed by atoms with E-state index in [0.717, 1.165) is 33.3 Å². The number of ether oxygens (including phenoxy) is 2. The summed E-state index contributed by atoms with van der Waals surface area (Å²) in [6, 6.07) is 10.9. The van der Waals surface area contributed by atoms with Crippen LogP contribution in [0, 0.1) is 0 Å². The minimum atomic E-state index is -0.539. The van der Waals surface area contributed by atoms with E-state index < -0.39 is 12.1 Å². The second-order valence-corrected chi connectivity index (χ2v) is 8.33. The summed E-state index contributed by atoms with van der Waals surface area (Å²) in [6.07, 6.45) is 0.479. The van der Waals surface area contributed by atoms with Crippen molar-refractivity contribution in [1.29, 1.82) is 0 Å². The summed E-state index contributed by atoms with van der Waals surface area (Å²) in [5.74, 6) is 1.22. The average Bonchev–Trinajstić information content (AvgIpc) is 3.39. The Morgan fingerprint density at radius 3 is 2.81 bits per heavy atom. The van der Waals surface area contributed by atoms with E-state index in [9.17, 15) is 9.59 Å². The van der Waals surface area contributed by atoms with E-state index >= 15 is 0 Å². The smallest absolute Gasteiger partial charge is 0.245 e. The molecule has 0 radical (unpaired) electrons. The Hall–Kier alpha value is -3.52. The van der Waals surface area contributed by atoms with Crippen LogP contribution in [0.5, 0.6) is 11.5 Å². The van der Waals surface area contributed by atoms with Crippen molar-refractivity contribution in [2.45, 2.75) is 25.0 Å². The van der Waals surface area contributed by atoms with Gasteiger partial charge >= 0.3 is 0 Å². The van der Waals surface area contributed by atoms with Gasteiger partial charge in [-0.05, 0) is 34.9 Å². The molecular formula is C23H22N4O4. The quantitative estimate of drug-likeness (QED) is 0.659. The van der Waals surface area contributed by atoms with Gasteiger partial charge < -0.3 is 30.0 Å². The lowest BCUT2D eigenvalue weighted by Gasteiger charge is -2.46. The minimum Gasteiger partial charge on any atom is -0.454 e. The molecule has 2 amide bonds.